The molecule has 2 aromatic carbocycles. The van der Waals surface area contributed by atoms with Crippen LogP contribution in [0.25, 0.3) is 0 Å². The molecule has 0 atom stereocenters. The van der Waals surface area contributed by atoms with Gasteiger partial charge in [-0.15, -0.1) is 0 Å². The van der Waals surface area contributed by atoms with Crippen molar-refractivity contribution in [3.63, 3.8) is 0 Å². The summed E-state index contributed by atoms with van der Waals surface area (Å²) in [5, 5.41) is 2.89. The molecule has 0 bridgehead atoms. The summed E-state index contributed by atoms with van der Waals surface area (Å²) in [5.41, 5.74) is 1.26. The summed E-state index contributed by atoms with van der Waals surface area (Å²) in [7, 11) is 0. The zero-order valence-electron chi connectivity index (χ0n) is 16.4. The lowest BCUT2D eigenvalue weighted by atomic mass is 10.1. The zero-order chi connectivity index (χ0) is 19.5. The van der Waals surface area contributed by atoms with E-state index in [0.717, 1.165) is 17.9 Å². The first-order valence-electron chi connectivity index (χ1n) is 9.43. The Morgan fingerprint density at radius 1 is 0.963 bits per heavy atom. The maximum atomic E-state index is 12.5. The van der Waals surface area contributed by atoms with Gasteiger partial charge in [0.05, 0.1) is 13.2 Å². The first kappa shape index (κ1) is 20.8. The van der Waals surface area contributed by atoms with Gasteiger partial charge in [0.1, 0.15) is 18.1 Å². The molecule has 146 valence electrons. The summed E-state index contributed by atoms with van der Waals surface area (Å²) in [6.07, 6.45) is 1.02. The molecule has 0 aliphatic heterocycles. The van der Waals surface area contributed by atoms with Crippen LogP contribution in [0.15, 0.2) is 48.5 Å². The van der Waals surface area contributed by atoms with Crippen molar-refractivity contribution in [1.29, 1.82) is 0 Å². The third-order valence-electron chi connectivity index (χ3n) is 3.87. The molecule has 0 heterocycles. The van der Waals surface area contributed by atoms with Gasteiger partial charge in [-0.3, -0.25) is 4.79 Å². The highest BCUT2D eigenvalue weighted by Gasteiger charge is 2.08. The van der Waals surface area contributed by atoms with Gasteiger partial charge >= 0.3 is 0 Å². The van der Waals surface area contributed by atoms with Crippen LogP contribution in [0.3, 0.4) is 0 Å². The quantitative estimate of drug-likeness (QED) is 0.578. The van der Waals surface area contributed by atoms with E-state index in [9.17, 15) is 4.79 Å². The lowest BCUT2D eigenvalue weighted by molar-refractivity contribution is 0.102. The highest BCUT2D eigenvalue weighted by molar-refractivity contribution is 6.04. The normalized spacial score (nSPS) is 10.7. The highest BCUT2D eigenvalue weighted by Crippen LogP contribution is 2.19. The second-order valence-corrected chi connectivity index (χ2v) is 6.58. The van der Waals surface area contributed by atoms with Crippen molar-refractivity contribution in [2.45, 2.75) is 27.2 Å². The molecule has 0 saturated heterocycles. The lowest BCUT2D eigenvalue weighted by Gasteiger charge is -2.10. The molecule has 0 unspecified atom stereocenters. The monoisotopic (exact) mass is 371 g/mol. The van der Waals surface area contributed by atoms with Crippen LogP contribution in [0, 0.1) is 5.92 Å². The average molecular weight is 371 g/mol. The summed E-state index contributed by atoms with van der Waals surface area (Å²) >= 11 is 0. The van der Waals surface area contributed by atoms with Gasteiger partial charge in [0, 0.05) is 17.9 Å². The fourth-order valence-corrected chi connectivity index (χ4v) is 2.34. The van der Waals surface area contributed by atoms with Crippen LogP contribution >= 0.6 is 0 Å². The molecule has 0 aliphatic carbocycles. The van der Waals surface area contributed by atoms with E-state index in [1.54, 1.807) is 18.2 Å². The highest BCUT2D eigenvalue weighted by atomic mass is 16.5. The van der Waals surface area contributed by atoms with E-state index in [1.807, 2.05) is 37.3 Å². The minimum Gasteiger partial charge on any atom is -0.494 e. The molecule has 2 aromatic rings. The van der Waals surface area contributed by atoms with E-state index in [2.05, 4.69) is 19.2 Å². The number of nitrogens with one attached hydrogen (secondary N) is 1. The average Bonchev–Trinajstić information content (AvgIpc) is 2.66. The molecule has 0 saturated carbocycles. The standard InChI is InChI=1S/C22H29NO4/c1-4-25-14-15-27-21-7-5-6-18(16-21)22(24)23-19-8-10-20(11-9-19)26-13-12-17(2)3/h5-11,16-17H,4,12-15H2,1-3H3,(H,23,24). The van der Waals surface area contributed by atoms with Crippen LogP contribution < -0.4 is 14.8 Å². The number of anilines is 1. The lowest BCUT2D eigenvalue weighted by Crippen LogP contribution is -2.12. The van der Waals surface area contributed by atoms with Crippen LogP contribution in [0.5, 0.6) is 11.5 Å². The molecule has 2 rings (SSSR count). The predicted molar refractivity (Wildman–Crippen MR) is 108 cm³/mol. The topological polar surface area (TPSA) is 56.8 Å². The van der Waals surface area contributed by atoms with Gasteiger partial charge in [0.25, 0.3) is 5.91 Å². The van der Waals surface area contributed by atoms with Gasteiger partial charge in [-0.05, 0) is 61.7 Å². The van der Waals surface area contributed by atoms with E-state index in [1.165, 1.54) is 0 Å². The fourth-order valence-electron chi connectivity index (χ4n) is 2.34. The van der Waals surface area contributed by atoms with Crippen molar-refractivity contribution in [3.05, 3.63) is 54.1 Å². The Morgan fingerprint density at radius 2 is 1.70 bits per heavy atom. The Labute approximate surface area is 161 Å². The minimum atomic E-state index is -0.182. The van der Waals surface area contributed by atoms with Gasteiger partial charge in [-0.25, -0.2) is 0 Å². The zero-order valence-corrected chi connectivity index (χ0v) is 16.4. The number of ether oxygens (including phenoxy) is 3. The number of carbonyl (C=O) groups excluding carboxylic acids is 1. The van der Waals surface area contributed by atoms with Crippen molar-refractivity contribution in [2.75, 3.05) is 31.7 Å². The van der Waals surface area contributed by atoms with Crippen molar-refractivity contribution >= 4 is 11.6 Å². The van der Waals surface area contributed by atoms with E-state index >= 15 is 0 Å². The molecule has 5 nitrogen and oxygen atoms in total. The van der Waals surface area contributed by atoms with E-state index in [0.29, 0.717) is 43.7 Å². The predicted octanol–water partition coefficient (Wildman–Crippen LogP) is 4.78. The molecular formula is C22H29NO4. The molecule has 0 aromatic heterocycles. The number of hydrogen-bond donors (Lipinski definition) is 1. The van der Waals surface area contributed by atoms with E-state index < -0.39 is 0 Å². The van der Waals surface area contributed by atoms with Gasteiger partial charge in [0.15, 0.2) is 0 Å². The number of amides is 1. The maximum Gasteiger partial charge on any atom is 0.255 e. The van der Waals surface area contributed by atoms with Gasteiger partial charge < -0.3 is 19.5 Å². The van der Waals surface area contributed by atoms with Crippen molar-refractivity contribution in [3.8, 4) is 11.5 Å². The van der Waals surface area contributed by atoms with E-state index in [-0.39, 0.29) is 5.91 Å². The Morgan fingerprint density at radius 3 is 2.41 bits per heavy atom. The van der Waals surface area contributed by atoms with Gasteiger partial charge in [-0.1, -0.05) is 19.9 Å². The summed E-state index contributed by atoms with van der Waals surface area (Å²) < 4.78 is 16.5. The molecule has 1 amide bonds. The Bertz CT molecular complexity index is 698. The van der Waals surface area contributed by atoms with Crippen LogP contribution in [0.4, 0.5) is 5.69 Å². The third-order valence-corrected chi connectivity index (χ3v) is 3.87. The Balaban J connectivity index is 1.87. The SMILES string of the molecule is CCOCCOc1cccc(C(=O)Nc2ccc(OCCC(C)C)cc2)c1. The Hall–Kier alpha value is -2.53. The van der Waals surface area contributed by atoms with Crippen LogP contribution in [-0.4, -0.2) is 32.3 Å². The van der Waals surface area contributed by atoms with Crippen molar-refractivity contribution in [2.24, 2.45) is 5.92 Å². The molecule has 27 heavy (non-hydrogen) atoms. The first-order valence-corrected chi connectivity index (χ1v) is 9.43. The molecule has 0 aliphatic rings. The molecule has 1 N–H and O–H groups in total. The second-order valence-electron chi connectivity index (χ2n) is 6.58. The van der Waals surface area contributed by atoms with Crippen LogP contribution in [0.1, 0.15) is 37.6 Å². The van der Waals surface area contributed by atoms with Crippen LogP contribution in [0.2, 0.25) is 0 Å². The summed E-state index contributed by atoms with van der Waals surface area (Å²) in [6, 6.07) is 14.5. The number of hydrogen-bond acceptors (Lipinski definition) is 4. The van der Waals surface area contributed by atoms with Crippen molar-refractivity contribution in [1.82, 2.24) is 0 Å². The summed E-state index contributed by atoms with van der Waals surface area (Å²) in [5.74, 6) is 1.89. The first-order chi connectivity index (χ1) is 13.1. The number of carbonyl (C=O) groups is 1. The van der Waals surface area contributed by atoms with E-state index in [4.69, 9.17) is 14.2 Å². The smallest absolute Gasteiger partial charge is 0.255 e. The largest absolute Gasteiger partial charge is 0.494 e. The van der Waals surface area contributed by atoms with Crippen molar-refractivity contribution < 1.29 is 19.0 Å². The summed E-state index contributed by atoms with van der Waals surface area (Å²) in [6.45, 7) is 8.61. The van der Waals surface area contributed by atoms with Gasteiger partial charge in [-0.2, -0.15) is 0 Å². The molecule has 5 heteroatoms. The third kappa shape index (κ3) is 7.71. The second kappa shape index (κ2) is 11.2. The minimum absolute atomic E-state index is 0.182. The van der Waals surface area contributed by atoms with Gasteiger partial charge in [0.2, 0.25) is 0 Å². The van der Waals surface area contributed by atoms with Crippen LogP contribution in [-0.2, 0) is 4.74 Å². The maximum absolute atomic E-state index is 12.5. The molecular weight excluding hydrogens is 342 g/mol. The summed E-state index contributed by atoms with van der Waals surface area (Å²) in [4.78, 5) is 12.5. The molecule has 0 radical (unpaired) electrons. The molecule has 0 fully saturated rings. The number of benzene rings is 2. The molecule has 0 spiro atoms. The Kier molecular flexibility index (Phi) is 8.65. The fraction of sp³-hybridized carbons (Fsp3) is 0.409. The number of rotatable bonds is 11.